The lowest BCUT2D eigenvalue weighted by molar-refractivity contribution is 0.102. The highest BCUT2D eigenvalue weighted by Gasteiger charge is 2.15. The van der Waals surface area contributed by atoms with Crippen LogP contribution in [-0.4, -0.2) is 49.3 Å². The third-order valence-electron chi connectivity index (χ3n) is 4.78. The van der Waals surface area contributed by atoms with Crippen LogP contribution >= 0.6 is 0 Å². The number of amides is 1. The predicted octanol–water partition coefficient (Wildman–Crippen LogP) is 3.04. The van der Waals surface area contributed by atoms with Crippen LogP contribution in [0.4, 0.5) is 11.5 Å². The van der Waals surface area contributed by atoms with E-state index in [2.05, 4.69) is 20.2 Å². The zero-order chi connectivity index (χ0) is 19.5. The van der Waals surface area contributed by atoms with E-state index in [4.69, 9.17) is 9.47 Å². The van der Waals surface area contributed by atoms with Crippen molar-refractivity contribution >= 4 is 28.3 Å². The highest BCUT2D eigenvalue weighted by atomic mass is 16.5. The molecule has 0 radical (unpaired) electrons. The summed E-state index contributed by atoms with van der Waals surface area (Å²) in [6, 6.07) is 13.0. The number of hydrogen-bond donors (Lipinski definition) is 1. The number of carbonyl (C=O) groups excluding carboxylic acids is 1. The predicted molar refractivity (Wildman–Crippen MR) is 108 cm³/mol. The Balaban J connectivity index is 1.52. The minimum atomic E-state index is -0.262. The van der Waals surface area contributed by atoms with Crippen LogP contribution in [0.1, 0.15) is 16.2 Å². The van der Waals surface area contributed by atoms with Crippen LogP contribution < -0.4 is 15.0 Å². The van der Waals surface area contributed by atoms with Gasteiger partial charge in [0.25, 0.3) is 5.91 Å². The zero-order valence-corrected chi connectivity index (χ0v) is 15.9. The monoisotopic (exact) mass is 378 g/mol. The number of aryl methyl sites for hydroxylation is 1. The van der Waals surface area contributed by atoms with E-state index in [0.717, 1.165) is 41.3 Å². The molecular formula is C21H22N4O3. The summed E-state index contributed by atoms with van der Waals surface area (Å²) in [5.74, 6) is 1.40. The van der Waals surface area contributed by atoms with E-state index in [1.54, 1.807) is 13.2 Å². The van der Waals surface area contributed by atoms with Crippen LogP contribution in [0.2, 0.25) is 0 Å². The highest BCUT2D eigenvalue weighted by molar-refractivity contribution is 6.04. The van der Waals surface area contributed by atoms with E-state index in [1.807, 2.05) is 43.3 Å². The fraction of sp³-hybridized carbons (Fsp3) is 0.286. The standard InChI is InChI=1S/C21H22N4O3/c1-14-17(7-8-20(22-14)25-9-11-28-12-10-25)24-21(26)19-5-3-15-13-16(27-2)4-6-18(15)23-19/h3-8,13H,9-12H2,1-2H3,(H,24,26). The van der Waals surface area contributed by atoms with Crippen LogP contribution in [0.15, 0.2) is 42.5 Å². The van der Waals surface area contributed by atoms with Crippen molar-refractivity contribution < 1.29 is 14.3 Å². The molecule has 1 saturated heterocycles. The number of nitrogens with one attached hydrogen (secondary N) is 1. The number of hydrogen-bond acceptors (Lipinski definition) is 6. The van der Waals surface area contributed by atoms with E-state index in [-0.39, 0.29) is 5.91 Å². The number of pyridine rings is 2. The Hall–Kier alpha value is -3.19. The molecule has 28 heavy (non-hydrogen) atoms. The molecule has 1 aliphatic heterocycles. The second-order valence-corrected chi connectivity index (χ2v) is 6.61. The molecular weight excluding hydrogens is 356 g/mol. The third-order valence-corrected chi connectivity index (χ3v) is 4.78. The molecule has 1 aliphatic rings. The number of benzene rings is 1. The molecule has 3 aromatic rings. The normalized spacial score (nSPS) is 14.1. The number of nitrogens with zero attached hydrogens (tertiary/aromatic N) is 3. The van der Waals surface area contributed by atoms with Gasteiger partial charge in [-0.15, -0.1) is 0 Å². The van der Waals surface area contributed by atoms with Gasteiger partial charge in [0.2, 0.25) is 0 Å². The summed E-state index contributed by atoms with van der Waals surface area (Å²) in [6.45, 7) is 4.95. The first kappa shape index (κ1) is 18.2. The maximum absolute atomic E-state index is 12.7. The number of fused-ring (bicyclic) bond motifs is 1. The lowest BCUT2D eigenvalue weighted by atomic mass is 10.2. The van der Waals surface area contributed by atoms with E-state index in [0.29, 0.717) is 24.6 Å². The minimum Gasteiger partial charge on any atom is -0.497 e. The fourth-order valence-electron chi connectivity index (χ4n) is 3.19. The maximum Gasteiger partial charge on any atom is 0.274 e. The van der Waals surface area contributed by atoms with Crippen LogP contribution in [0.5, 0.6) is 5.75 Å². The Morgan fingerprint density at radius 1 is 1.11 bits per heavy atom. The molecule has 0 saturated carbocycles. The van der Waals surface area contributed by atoms with Gasteiger partial charge in [-0.1, -0.05) is 6.07 Å². The molecule has 1 fully saturated rings. The molecule has 0 aliphatic carbocycles. The minimum absolute atomic E-state index is 0.262. The lowest BCUT2D eigenvalue weighted by Crippen LogP contribution is -2.36. The third kappa shape index (κ3) is 3.75. The Kier molecular flexibility index (Phi) is 5.08. The highest BCUT2D eigenvalue weighted by Crippen LogP contribution is 2.22. The number of ether oxygens (including phenoxy) is 2. The first-order valence-corrected chi connectivity index (χ1v) is 9.20. The number of morpholine rings is 1. The molecule has 4 rings (SSSR count). The molecule has 7 nitrogen and oxygen atoms in total. The summed E-state index contributed by atoms with van der Waals surface area (Å²) < 4.78 is 10.6. The largest absolute Gasteiger partial charge is 0.497 e. The van der Waals surface area contributed by atoms with Crippen molar-refractivity contribution in [1.29, 1.82) is 0 Å². The smallest absolute Gasteiger partial charge is 0.274 e. The lowest BCUT2D eigenvalue weighted by Gasteiger charge is -2.28. The van der Waals surface area contributed by atoms with Crippen molar-refractivity contribution in [2.75, 3.05) is 43.6 Å². The molecule has 0 bridgehead atoms. The van der Waals surface area contributed by atoms with Crippen molar-refractivity contribution in [3.63, 3.8) is 0 Å². The van der Waals surface area contributed by atoms with Crippen LogP contribution in [0.25, 0.3) is 10.9 Å². The van der Waals surface area contributed by atoms with Crippen molar-refractivity contribution in [3.05, 3.63) is 53.9 Å². The van der Waals surface area contributed by atoms with Gasteiger partial charge < -0.3 is 19.7 Å². The summed E-state index contributed by atoms with van der Waals surface area (Å²) in [5.41, 5.74) is 2.54. The average Bonchev–Trinajstić information content (AvgIpc) is 2.75. The first-order chi connectivity index (χ1) is 13.6. The molecule has 1 aromatic carbocycles. The molecule has 1 N–H and O–H groups in total. The van der Waals surface area contributed by atoms with Crippen molar-refractivity contribution in [2.24, 2.45) is 0 Å². The van der Waals surface area contributed by atoms with E-state index in [1.165, 1.54) is 0 Å². The van der Waals surface area contributed by atoms with Gasteiger partial charge in [0.15, 0.2) is 0 Å². The van der Waals surface area contributed by atoms with Gasteiger partial charge in [0.1, 0.15) is 17.3 Å². The number of methoxy groups -OCH3 is 1. The summed E-state index contributed by atoms with van der Waals surface area (Å²) in [6.07, 6.45) is 0. The zero-order valence-electron chi connectivity index (χ0n) is 15.9. The van der Waals surface area contributed by atoms with E-state index in [9.17, 15) is 4.79 Å². The molecule has 1 amide bonds. The molecule has 0 atom stereocenters. The number of carbonyl (C=O) groups is 1. The first-order valence-electron chi connectivity index (χ1n) is 9.20. The van der Waals surface area contributed by atoms with Gasteiger partial charge in [0.05, 0.1) is 37.2 Å². The summed E-state index contributed by atoms with van der Waals surface area (Å²) in [7, 11) is 1.62. The van der Waals surface area contributed by atoms with Gasteiger partial charge in [-0.2, -0.15) is 0 Å². The van der Waals surface area contributed by atoms with Crippen LogP contribution in [0.3, 0.4) is 0 Å². The summed E-state index contributed by atoms with van der Waals surface area (Å²) in [5, 5.41) is 3.83. The van der Waals surface area contributed by atoms with E-state index < -0.39 is 0 Å². The van der Waals surface area contributed by atoms with Crippen molar-refractivity contribution in [2.45, 2.75) is 6.92 Å². The SMILES string of the molecule is COc1ccc2nc(C(=O)Nc3ccc(N4CCOCC4)nc3C)ccc2c1. The molecule has 2 aromatic heterocycles. The van der Waals surface area contributed by atoms with Crippen molar-refractivity contribution in [3.8, 4) is 5.75 Å². The Morgan fingerprint density at radius 2 is 1.93 bits per heavy atom. The number of rotatable bonds is 4. The Labute approximate surface area is 163 Å². The van der Waals surface area contributed by atoms with Gasteiger partial charge >= 0.3 is 0 Å². The van der Waals surface area contributed by atoms with Gasteiger partial charge in [0, 0.05) is 18.5 Å². The fourth-order valence-corrected chi connectivity index (χ4v) is 3.19. The average molecular weight is 378 g/mol. The quantitative estimate of drug-likeness (QED) is 0.752. The van der Waals surface area contributed by atoms with E-state index >= 15 is 0 Å². The molecule has 3 heterocycles. The molecule has 144 valence electrons. The number of anilines is 2. The second kappa shape index (κ2) is 7.82. The van der Waals surface area contributed by atoms with Gasteiger partial charge in [-0.25, -0.2) is 9.97 Å². The molecule has 7 heteroatoms. The van der Waals surface area contributed by atoms with Crippen LogP contribution in [-0.2, 0) is 4.74 Å². The Bertz CT molecular complexity index is 1020. The van der Waals surface area contributed by atoms with Gasteiger partial charge in [-0.05, 0) is 43.3 Å². The Morgan fingerprint density at radius 3 is 2.68 bits per heavy atom. The molecule has 0 spiro atoms. The molecule has 0 unspecified atom stereocenters. The summed E-state index contributed by atoms with van der Waals surface area (Å²) >= 11 is 0. The maximum atomic E-state index is 12.7. The topological polar surface area (TPSA) is 76.6 Å². The van der Waals surface area contributed by atoms with Gasteiger partial charge in [-0.3, -0.25) is 4.79 Å². The number of aromatic nitrogens is 2. The second-order valence-electron chi connectivity index (χ2n) is 6.61. The summed E-state index contributed by atoms with van der Waals surface area (Å²) in [4.78, 5) is 23.9. The van der Waals surface area contributed by atoms with Crippen molar-refractivity contribution in [1.82, 2.24) is 9.97 Å². The van der Waals surface area contributed by atoms with Crippen LogP contribution in [0, 0.1) is 6.92 Å².